The Kier molecular flexibility index (Phi) is 5.21. The highest BCUT2D eigenvalue weighted by Crippen LogP contribution is 2.46. The molecule has 0 amide bonds. The summed E-state index contributed by atoms with van der Waals surface area (Å²) in [5.74, 6) is 0.532. The highest BCUT2D eigenvalue weighted by molar-refractivity contribution is 5.26. The van der Waals surface area contributed by atoms with Gasteiger partial charge >= 0.3 is 0 Å². The number of rotatable bonds is 6. The fraction of sp³-hybridized carbons (Fsp3) is 0.524. The maximum absolute atomic E-state index is 13.2. The van der Waals surface area contributed by atoms with Crippen LogP contribution in [0.5, 0.6) is 0 Å². The molecular formula is C21H26FN3O2. The molecular weight excluding hydrogens is 345 g/mol. The minimum absolute atomic E-state index is 0.267. The van der Waals surface area contributed by atoms with E-state index in [4.69, 9.17) is 4.74 Å². The van der Waals surface area contributed by atoms with E-state index in [1.54, 1.807) is 19.2 Å². The lowest BCUT2D eigenvalue weighted by atomic mass is 9.80. The standard InChI is InChI=1S/C21H26FN3O2/c1-27-9-8-20-23-12-15(13-24-20)14-25-18-6-7-19(25)11-21(26,10-18)16-2-4-17(22)5-3-16/h2-5,12-13,18-19,26H,6-11,14H2,1H3/t18-,19-/m0/s1. The zero-order valence-electron chi connectivity index (χ0n) is 15.6. The van der Waals surface area contributed by atoms with Crippen LogP contribution in [0.4, 0.5) is 4.39 Å². The SMILES string of the molecule is COCCc1ncc(CN2[C@H]3CC[C@H]2CC(O)(c2ccc(F)cc2)C3)cn1. The van der Waals surface area contributed by atoms with Crippen molar-refractivity contribution in [3.63, 3.8) is 0 Å². The summed E-state index contributed by atoms with van der Waals surface area (Å²) in [4.78, 5) is 11.3. The van der Waals surface area contributed by atoms with E-state index < -0.39 is 5.60 Å². The highest BCUT2D eigenvalue weighted by atomic mass is 19.1. The number of aromatic nitrogens is 2. The summed E-state index contributed by atoms with van der Waals surface area (Å²) in [5.41, 5.74) is 1.06. The third-order valence-electron chi connectivity index (χ3n) is 5.95. The Balaban J connectivity index is 1.44. The Morgan fingerprint density at radius 2 is 1.78 bits per heavy atom. The Morgan fingerprint density at radius 1 is 1.15 bits per heavy atom. The molecule has 0 spiro atoms. The van der Waals surface area contributed by atoms with Crippen molar-refractivity contribution < 1.29 is 14.2 Å². The van der Waals surface area contributed by atoms with Crippen LogP contribution in [-0.4, -0.2) is 45.8 Å². The van der Waals surface area contributed by atoms with E-state index in [0.29, 0.717) is 31.5 Å². The second-order valence-electron chi connectivity index (χ2n) is 7.75. The molecule has 0 radical (unpaired) electrons. The molecule has 6 heteroatoms. The van der Waals surface area contributed by atoms with Crippen LogP contribution in [0.2, 0.25) is 0 Å². The zero-order chi connectivity index (χ0) is 18.9. The number of benzene rings is 1. The van der Waals surface area contributed by atoms with Crippen LogP contribution in [0.3, 0.4) is 0 Å². The lowest BCUT2D eigenvalue weighted by molar-refractivity contribution is -0.0595. The van der Waals surface area contributed by atoms with Gasteiger partial charge in [0.05, 0.1) is 12.2 Å². The van der Waals surface area contributed by atoms with Crippen LogP contribution in [0, 0.1) is 5.82 Å². The van der Waals surface area contributed by atoms with Gasteiger partial charge in [-0.1, -0.05) is 12.1 Å². The third kappa shape index (κ3) is 3.88. The van der Waals surface area contributed by atoms with E-state index in [1.165, 1.54) is 12.1 Å². The summed E-state index contributed by atoms with van der Waals surface area (Å²) >= 11 is 0. The highest BCUT2D eigenvalue weighted by Gasteiger charge is 2.48. The van der Waals surface area contributed by atoms with Crippen LogP contribution in [0.25, 0.3) is 0 Å². The summed E-state index contributed by atoms with van der Waals surface area (Å²) in [6.07, 6.45) is 8.05. The molecule has 2 aliphatic heterocycles. The fourth-order valence-corrected chi connectivity index (χ4v) is 4.57. The maximum Gasteiger partial charge on any atom is 0.130 e. The fourth-order valence-electron chi connectivity index (χ4n) is 4.57. The van der Waals surface area contributed by atoms with Gasteiger partial charge in [-0.3, -0.25) is 4.90 Å². The van der Waals surface area contributed by atoms with Gasteiger partial charge < -0.3 is 9.84 Å². The predicted molar refractivity (Wildman–Crippen MR) is 99.5 cm³/mol. The van der Waals surface area contributed by atoms with Gasteiger partial charge in [0, 0.05) is 50.1 Å². The Bertz CT molecular complexity index is 752. The van der Waals surface area contributed by atoms with Crippen molar-refractivity contribution in [3.05, 3.63) is 59.4 Å². The molecule has 2 saturated heterocycles. The van der Waals surface area contributed by atoms with E-state index in [-0.39, 0.29) is 5.82 Å². The third-order valence-corrected chi connectivity index (χ3v) is 5.95. The van der Waals surface area contributed by atoms with E-state index in [2.05, 4.69) is 14.9 Å². The molecule has 0 aliphatic carbocycles. The molecule has 27 heavy (non-hydrogen) atoms. The van der Waals surface area contributed by atoms with Crippen molar-refractivity contribution in [1.82, 2.24) is 14.9 Å². The number of aliphatic hydroxyl groups is 1. The summed E-state index contributed by atoms with van der Waals surface area (Å²) in [7, 11) is 1.67. The summed E-state index contributed by atoms with van der Waals surface area (Å²) in [5, 5.41) is 11.2. The number of methoxy groups -OCH3 is 1. The molecule has 3 heterocycles. The van der Waals surface area contributed by atoms with Gasteiger partial charge in [-0.05, 0) is 43.4 Å². The normalized spacial score (nSPS) is 27.8. The molecule has 0 unspecified atom stereocenters. The number of hydrogen-bond acceptors (Lipinski definition) is 5. The summed E-state index contributed by atoms with van der Waals surface area (Å²) in [6.45, 7) is 1.43. The Labute approximate surface area is 159 Å². The molecule has 0 saturated carbocycles. The molecule has 1 aromatic carbocycles. The zero-order valence-corrected chi connectivity index (χ0v) is 15.6. The van der Waals surface area contributed by atoms with Crippen molar-refractivity contribution in [1.29, 1.82) is 0 Å². The van der Waals surface area contributed by atoms with E-state index >= 15 is 0 Å². The summed E-state index contributed by atoms with van der Waals surface area (Å²) < 4.78 is 18.3. The van der Waals surface area contributed by atoms with E-state index in [9.17, 15) is 9.50 Å². The van der Waals surface area contributed by atoms with Gasteiger partial charge in [0.25, 0.3) is 0 Å². The quantitative estimate of drug-likeness (QED) is 0.846. The van der Waals surface area contributed by atoms with Gasteiger partial charge in [-0.25, -0.2) is 14.4 Å². The van der Waals surface area contributed by atoms with Gasteiger partial charge in [0.15, 0.2) is 0 Å². The second-order valence-corrected chi connectivity index (χ2v) is 7.75. The van der Waals surface area contributed by atoms with Crippen LogP contribution in [0.1, 0.15) is 42.6 Å². The van der Waals surface area contributed by atoms with Gasteiger partial charge in [0.2, 0.25) is 0 Å². The number of ether oxygens (including phenoxy) is 1. The first-order chi connectivity index (χ1) is 13.1. The number of halogens is 1. The molecule has 2 fully saturated rings. The van der Waals surface area contributed by atoms with Crippen LogP contribution >= 0.6 is 0 Å². The average molecular weight is 371 g/mol. The van der Waals surface area contributed by atoms with Gasteiger partial charge in [-0.15, -0.1) is 0 Å². The van der Waals surface area contributed by atoms with Crippen molar-refractivity contribution >= 4 is 0 Å². The van der Waals surface area contributed by atoms with E-state index in [0.717, 1.165) is 42.8 Å². The lowest BCUT2D eigenvalue weighted by Crippen LogP contribution is -2.49. The Morgan fingerprint density at radius 3 is 2.37 bits per heavy atom. The predicted octanol–water partition coefficient (Wildman–Crippen LogP) is 2.82. The van der Waals surface area contributed by atoms with Gasteiger partial charge in [0.1, 0.15) is 11.6 Å². The van der Waals surface area contributed by atoms with E-state index in [1.807, 2.05) is 12.4 Å². The second kappa shape index (κ2) is 7.62. The van der Waals surface area contributed by atoms with Gasteiger partial charge in [-0.2, -0.15) is 0 Å². The van der Waals surface area contributed by atoms with Crippen molar-refractivity contribution in [2.24, 2.45) is 0 Å². The first-order valence-corrected chi connectivity index (χ1v) is 9.60. The van der Waals surface area contributed by atoms with Crippen molar-refractivity contribution in [2.75, 3.05) is 13.7 Å². The van der Waals surface area contributed by atoms with Crippen molar-refractivity contribution in [2.45, 2.75) is 56.3 Å². The summed E-state index contributed by atoms with van der Waals surface area (Å²) in [6, 6.07) is 6.96. The number of hydrogen-bond donors (Lipinski definition) is 1. The molecule has 1 aromatic heterocycles. The molecule has 2 atom stereocenters. The number of nitrogens with zero attached hydrogens (tertiary/aromatic N) is 3. The lowest BCUT2D eigenvalue weighted by Gasteiger charge is -2.44. The number of fused-ring (bicyclic) bond motifs is 2. The topological polar surface area (TPSA) is 58.5 Å². The van der Waals surface area contributed by atoms with Crippen LogP contribution in [-0.2, 0) is 23.3 Å². The largest absolute Gasteiger partial charge is 0.385 e. The van der Waals surface area contributed by atoms with Crippen LogP contribution in [0.15, 0.2) is 36.7 Å². The molecule has 144 valence electrons. The molecule has 4 rings (SSSR count). The van der Waals surface area contributed by atoms with Crippen LogP contribution < -0.4 is 0 Å². The molecule has 5 nitrogen and oxygen atoms in total. The Hall–Kier alpha value is -1.89. The molecule has 1 N–H and O–H groups in total. The number of piperidine rings is 1. The molecule has 2 aliphatic rings. The minimum atomic E-state index is -0.865. The first kappa shape index (κ1) is 18.5. The smallest absolute Gasteiger partial charge is 0.130 e. The monoisotopic (exact) mass is 371 g/mol. The van der Waals surface area contributed by atoms with Crippen molar-refractivity contribution in [3.8, 4) is 0 Å². The maximum atomic E-state index is 13.2. The molecule has 2 aromatic rings. The first-order valence-electron chi connectivity index (χ1n) is 9.60. The minimum Gasteiger partial charge on any atom is -0.385 e. The average Bonchev–Trinajstić information content (AvgIpc) is 2.91. The molecule has 2 bridgehead atoms.